The molecule has 5 aromatic rings. The van der Waals surface area contributed by atoms with Gasteiger partial charge in [-0.25, -0.2) is 0 Å². The number of carboxylic acids is 4. The number of nitrogens with zero attached hydrogens (tertiary/aromatic N) is 1. The number of benzene rings is 5. The predicted molar refractivity (Wildman–Crippen MR) is 295 cm³/mol. The van der Waals surface area contributed by atoms with Crippen LogP contribution in [-0.4, -0.2) is 67.9 Å². The maximum absolute atomic E-state index is 11.1. The number of carbonyl (C=O) groups is 8. The number of nitriles is 1. The standard InChI is InChI=1S/C12H12Cl2O.C12H13NO3.C12H11NO2.C11H11NO3.C11H10O4/c1-3-10-4-6-11(7-5-10)12(13,14)8-9(2)15;1-2-9-3-5-10(6-4-9)8-13-11(14)7-12(15)16;1-3-9-4-6-10(7-5-9)12(2,8-13)11(14)15;1-2-8-3-5-9(6-4-8)12-10(13)7-11(14)15;1-2-8-3-5-9(6-4-8)15-11(14)7-10(12)13/h3-7H,1,8H2,2H3;2-6H,1,7-8H2,(H,13,14)(H,15,16);3-7H,1H2,2H3,(H,14,15);2-6H,1,7H2,(H,12,13)(H,14,15);2-6H,1,7H2,(H,12,13). The third-order valence-corrected chi connectivity index (χ3v) is 10.5. The fraction of sp³-hybridized carbons (Fsp3) is 0.155. The zero-order valence-corrected chi connectivity index (χ0v) is 43.2. The van der Waals surface area contributed by atoms with Gasteiger partial charge in [-0.15, -0.1) is 0 Å². The normalized spacial score (nSPS) is 10.6. The minimum atomic E-state index is -1.49. The van der Waals surface area contributed by atoms with Crippen LogP contribution in [0.2, 0.25) is 0 Å². The first-order valence-corrected chi connectivity index (χ1v) is 23.2. The summed E-state index contributed by atoms with van der Waals surface area (Å²) in [6.45, 7) is 21.2. The Balaban J connectivity index is 0.000000475. The monoisotopic (exact) mass is 1070 g/mol. The van der Waals surface area contributed by atoms with Gasteiger partial charge in [0.25, 0.3) is 0 Å². The number of carboxylic acid groups (broad SMARTS) is 4. The summed E-state index contributed by atoms with van der Waals surface area (Å²) in [5, 5.41) is 47.9. The zero-order chi connectivity index (χ0) is 57.4. The molecule has 0 aliphatic rings. The number of rotatable bonds is 20. The number of ether oxygens (including phenoxy) is 1. The second kappa shape index (κ2) is 33.5. The van der Waals surface area contributed by atoms with Gasteiger partial charge in [-0.05, 0) is 82.6 Å². The number of alkyl halides is 2. The topological polar surface area (TPSA) is 275 Å². The molecule has 76 heavy (non-hydrogen) atoms. The lowest BCUT2D eigenvalue weighted by molar-refractivity contribution is -0.146. The number of carbonyl (C=O) groups excluding carboxylic acids is 4. The quantitative estimate of drug-likeness (QED) is 0.0183. The van der Waals surface area contributed by atoms with E-state index in [1.54, 1.807) is 121 Å². The second-order valence-electron chi connectivity index (χ2n) is 15.8. The van der Waals surface area contributed by atoms with Crippen LogP contribution in [0.5, 0.6) is 5.75 Å². The smallest absolute Gasteiger partial charge is 0.328 e. The molecular formula is C58H57Cl2N3O13. The molecule has 2 amide bonds. The van der Waals surface area contributed by atoms with Crippen molar-refractivity contribution in [1.29, 1.82) is 5.26 Å². The number of aliphatic carboxylic acids is 4. The molecule has 18 heteroatoms. The summed E-state index contributed by atoms with van der Waals surface area (Å²) in [7, 11) is 0. The Morgan fingerprint density at radius 3 is 1.30 bits per heavy atom. The highest BCUT2D eigenvalue weighted by Crippen LogP contribution is 2.37. The maximum atomic E-state index is 11.1. The number of Topliss-reactive ketones (excluding diaryl/α,β-unsaturated/α-hetero) is 1. The molecule has 1 unspecified atom stereocenters. The SMILES string of the molecule is C=Cc1ccc(C(C)(C#N)C(=O)O)cc1.C=Cc1ccc(C(Cl)(Cl)CC(C)=O)cc1.C=Cc1ccc(CNC(=O)CC(=O)O)cc1.C=Cc1ccc(NC(=O)CC(=O)O)cc1.C=Cc1ccc(OC(=O)CC(=O)O)cc1. The number of nitrogens with one attached hydrogen (secondary N) is 2. The molecule has 6 N–H and O–H groups in total. The summed E-state index contributed by atoms with van der Waals surface area (Å²) in [6, 6.07) is 36.9. The molecule has 0 saturated carbocycles. The third kappa shape index (κ3) is 25.5. The number of anilines is 1. The molecule has 0 aliphatic heterocycles. The highest BCUT2D eigenvalue weighted by Gasteiger charge is 2.35. The van der Waals surface area contributed by atoms with Crippen molar-refractivity contribution in [3.63, 3.8) is 0 Å². The van der Waals surface area contributed by atoms with Gasteiger partial charge in [-0.2, -0.15) is 5.26 Å². The lowest BCUT2D eigenvalue weighted by atomic mass is 9.84. The van der Waals surface area contributed by atoms with Crippen molar-refractivity contribution in [2.24, 2.45) is 0 Å². The van der Waals surface area contributed by atoms with Crippen LogP contribution in [0.25, 0.3) is 30.4 Å². The number of esters is 1. The van der Waals surface area contributed by atoms with E-state index in [9.17, 15) is 38.4 Å². The first-order valence-electron chi connectivity index (χ1n) is 22.4. The summed E-state index contributed by atoms with van der Waals surface area (Å²) in [5.74, 6) is -6.13. The molecule has 0 fully saturated rings. The van der Waals surface area contributed by atoms with E-state index in [2.05, 4.69) is 43.5 Å². The van der Waals surface area contributed by atoms with Crippen molar-refractivity contribution in [2.45, 2.75) is 55.8 Å². The molecule has 0 radical (unpaired) electrons. The van der Waals surface area contributed by atoms with E-state index in [0.29, 0.717) is 23.5 Å². The number of hydrogen-bond acceptors (Lipinski definition) is 10. The first kappa shape index (κ1) is 64.8. The van der Waals surface area contributed by atoms with Crippen molar-refractivity contribution in [2.75, 3.05) is 5.32 Å². The minimum Gasteiger partial charge on any atom is -0.481 e. The van der Waals surface area contributed by atoms with Gasteiger partial charge in [-0.1, -0.05) is 184 Å². The predicted octanol–water partition coefficient (Wildman–Crippen LogP) is 11.0. The van der Waals surface area contributed by atoms with E-state index in [4.69, 9.17) is 53.6 Å². The van der Waals surface area contributed by atoms with E-state index in [-0.39, 0.29) is 12.2 Å². The van der Waals surface area contributed by atoms with Crippen LogP contribution in [0.15, 0.2) is 154 Å². The van der Waals surface area contributed by atoms with Crippen LogP contribution in [0, 0.1) is 11.3 Å². The fourth-order valence-electron chi connectivity index (χ4n) is 5.65. The van der Waals surface area contributed by atoms with E-state index < -0.39 is 70.7 Å². The third-order valence-electron chi connectivity index (χ3n) is 9.82. The van der Waals surface area contributed by atoms with Gasteiger partial charge >= 0.3 is 29.8 Å². The Kier molecular flexibility index (Phi) is 28.6. The lowest BCUT2D eigenvalue weighted by Crippen LogP contribution is -2.30. The van der Waals surface area contributed by atoms with Gasteiger partial charge in [-0.3, -0.25) is 38.4 Å². The summed E-state index contributed by atoms with van der Waals surface area (Å²) < 4.78 is 3.64. The molecule has 5 aromatic carbocycles. The number of halogens is 2. The van der Waals surface area contributed by atoms with Crippen LogP contribution in [0.3, 0.4) is 0 Å². The van der Waals surface area contributed by atoms with Crippen LogP contribution >= 0.6 is 23.2 Å². The van der Waals surface area contributed by atoms with E-state index >= 15 is 0 Å². The Labute approximate surface area is 450 Å². The molecule has 0 spiro atoms. The van der Waals surface area contributed by atoms with E-state index in [0.717, 1.165) is 38.9 Å². The molecule has 0 aliphatic carbocycles. The largest absolute Gasteiger partial charge is 0.481 e. The van der Waals surface area contributed by atoms with Crippen LogP contribution in [0.4, 0.5) is 5.69 Å². The van der Waals surface area contributed by atoms with Crippen LogP contribution < -0.4 is 15.4 Å². The molecule has 1 atom stereocenters. The molecule has 396 valence electrons. The second-order valence-corrected chi connectivity index (χ2v) is 17.3. The molecule has 0 saturated heterocycles. The lowest BCUT2D eigenvalue weighted by Gasteiger charge is -2.18. The van der Waals surface area contributed by atoms with Crippen LogP contribution in [-0.2, 0) is 54.6 Å². The summed E-state index contributed by atoms with van der Waals surface area (Å²) in [6.07, 6.45) is 6.92. The maximum Gasteiger partial charge on any atom is 0.328 e. The van der Waals surface area contributed by atoms with Crippen molar-refractivity contribution in [3.8, 4) is 11.8 Å². The molecule has 0 aromatic heterocycles. The Bertz CT molecular complexity index is 2800. The minimum absolute atomic E-state index is 0.0344. The molecule has 0 heterocycles. The van der Waals surface area contributed by atoms with Gasteiger partial charge in [0.1, 0.15) is 35.1 Å². The Morgan fingerprint density at radius 1 is 0.566 bits per heavy atom. The van der Waals surface area contributed by atoms with Gasteiger partial charge in [0.2, 0.25) is 11.8 Å². The first-order chi connectivity index (χ1) is 35.8. The van der Waals surface area contributed by atoms with Gasteiger partial charge in [0.05, 0.1) is 6.07 Å². The van der Waals surface area contributed by atoms with Gasteiger partial charge in [0.15, 0.2) is 5.41 Å². The Morgan fingerprint density at radius 2 is 0.934 bits per heavy atom. The Hall–Kier alpha value is -9.17. The molecule has 5 rings (SSSR count). The summed E-state index contributed by atoms with van der Waals surface area (Å²) in [5.41, 5.74) is 5.93. The number of ketones is 1. The highest BCUT2D eigenvalue weighted by atomic mass is 35.5. The van der Waals surface area contributed by atoms with Crippen molar-refractivity contribution < 1.29 is 63.5 Å². The molecule has 16 nitrogen and oxygen atoms in total. The summed E-state index contributed by atoms with van der Waals surface area (Å²) in [4.78, 5) is 85.6. The fourth-order valence-corrected chi connectivity index (χ4v) is 6.27. The van der Waals surface area contributed by atoms with Crippen molar-refractivity contribution in [3.05, 3.63) is 199 Å². The van der Waals surface area contributed by atoms with Gasteiger partial charge in [0, 0.05) is 18.7 Å². The summed E-state index contributed by atoms with van der Waals surface area (Å²) >= 11 is 12.1. The molecule has 0 bridgehead atoms. The molecular weight excluding hydrogens is 1020 g/mol. The average Bonchev–Trinajstić information content (AvgIpc) is 3.38. The van der Waals surface area contributed by atoms with E-state index in [1.807, 2.05) is 36.4 Å². The van der Waals surface area contributed by atoms with Crippen LogP contribution in [0.1, 0.15) is 84.0 Å². The zero-order valence-electron chi connectivity index (χ0n) is 41.7. The van der Waals surface area contributed by atoms with E-state index in [1.165, 1.54) is 13.8 Å². The van der Waals surface area contributed by atoms with Crippen molar-refractivity contribution >= 4 is 107 Å². The highest BCUT2D eigenvalue weighted by molar-refractivity contribution is 6.48. The van der Waals surface area contributed by atoms with Gasteiger partial charge < -0.3 is 35.8 Å². The number of amides is 2. The van der Waals surface area contributed by atoms with Crippen molar-refractivity contribution in [1.82, 2.24) is 5.32 Å². The number of hydrogen-bond donors (Lipinski definition) is 6. The average molecular weight is 1080 g/mol.